The minimum absolute atomic E-state index is 0.0463. The summed E-state index contributed by atoms with van der Waals surface area (Å²) >= 11 is 0. The zero-order chi connectivity index (χ0) is 11.4. The Labute approximate surface area is 95.3 Å². The molecule has 0 fully saturated rings. The molecule has 1 heterocycles. The van der Waals surface area contributed by atoms with Crippen LogP contribution in [0.4, 0.5) is 0 Å². The first-order chi connectivity index (χ1) is 7.81. The van der Waals surface area contributed by atoms with Crippen LogP contribution in [0.25, 0.3) is 11.3 Å². The van der Waals surface area contributed by atoms with E-state index in [2.05, 4.69) is 12.1 Å². The topological polar surface area (TPSA) is 52.0 Å². The number of nitrogens with zero attached hydrogens (tertiary/aromatic N) is 1. The smallest absolute Gasteiger partial charge is 0.154 e. The van der Waals surface area contributed by atoms with Gasteiger partial charge in [-0.1, -0.05) is 48.8 Å². The van der Waals surface area contributed by atoms with Gasteiger partial charge in [0.2, 0.25) is 0 Å². The molecule has 0 saturated carbocycles. The molecule has 2 aromatic rings. The summed E-state index contributed by atoms with van der Waals surface area (Å²) < 4.78 is 5.26. The highest BCUT2D eigenvalue weighted by Gasteiger charge is 2.12. The van der Waals surface area contributed by atoms with Crippen molar-refractivity contribution >= 4 is 0 Å². The van der Waals surface area contributed by atoms with E-state index in [-0.39, 0.29) is 6.04 Å². The molecule has 3 heteroatoms. The van der Waals surface area contributed by atoms with Gasteiger partial charge in [0, 0.05) is 11.6 Å². The van der Waals surface area contributed by atoms with E-state index in [4.69, 9.17) is 10.3 Å². The third-order valence-corrected chi connectivity index (χ3v) is 2.56. The number of benzene rings is 1. The number of rotatable bonds is 4. The van der Waals surface area contributed by atoms with Gasteiger partial charge >= 0.3 is 0 Å². The molecule has 1 atom stereocenters. The van der Waals surface area contributed by atoms with E-state index in [1.807, 2.05) is 36.4 Å². The Bertz CT molecular complexity index is 436. The van der Waals surface area contributed by atoms with Crippen molar-refractivity contribution in [2.75, 3.05) is 0 Å². The van der Waals surface area contributed by atoms with E-state index in [1.165, 1.54) is 0 Å². The van der Waals surface area contributed by atoms with Crippen molar-refractivity contribution in [2.45, 2.75) is 25.8 Å². The van der Waals surface area contributed by atoms with Crippen molar-refractivity contribution in [3.05, 3.63) is 42.2 Å². The highest BCUT2D eigenvalue weighted by molar-refractivity contribution is 5.58. The maximum atomic E-state index is 5.96. The molecule has 0 saturated heterocycles. The van der Waals surface area contributed by atoms with Gasteiger partial charge in [-0.15, -0.1) is 0 Å². The minimum atomic E-state index is -0.0463. The van der Waals surface area contributed by atoms with E-state index in [0.717, 1.165) is 29.9 Å². The van der Waals surface area contributed by atoms with Crippen molar-refractivity contribution in [2.24, 2.45) is 5.73 Å². The maximum Gasteiger partial charge on any atom is 0.154 e. The summed E-state index contributed by atoms with van der Waals surface area (Å²) in [6.45, 7) is 2.11. The molecule has 0 aliphatic heterocycles. The van der Waals surface area contributed by atoms with Crippen LogP contribution >= 0.6 is 0 Å². The molecule has 0 aliphatic rings. The highest BCUT2D eigenvalue weighted by atomic mass is 16.5. The van der Waals surface area contributed by atoms with Crippen LogP contribution in [0.2, 0.25) is 0 Å². The molecule has 1 aromatic carbocycles. The van der Waals surface area contributed by atoms with Crippen molar-refractivity contribution < 1.29 is 4.52 Å². The van der Waals surface area contributed by atoms with E-state index >= 15 is 0 Å². The fourth-order valence-corrected chi connectivity index (χ4v) is 1.66. The van der Waals surface area contributed by atoms with Gasteiger partial charge < -0.3 is 10.3 Å². The summed E-state index contributed by atoms with van der Waals surface area (Å²) in [4.78, 5) is 0. The molecule has 0 aliphatic carbocycles. The lowest BCUT2D eigenvalue weighted by Crippen LogP contribution is -2.08. The summed E-state index contributed by atoms with van der Waals surface area (Å²) in [5.41, 5.74) is 7.87. The first kappa shape index (κ1) is 10.9. The maximum absolute atomic E-state index is 5.96. The molecule has 2 N–H and O–H groups in total. The van der Waals surface area contributed by atoms with Crippen LogP contribution in [0, 0.1) is 0 Å². The van der Waals surface area contributed by atoms with Gasteiger partial charge in [0.25, 0.3) is 0 Å². The lowest BCUT2D eigenvalue weighted by atomic mass is 10.1. The minimum Gasteiger partial charge on any atom is -0.359 e. The standard InChI is InChI=1S/C13H16N2O/c1-2-6-11(14)13-9-12(15-16-13)10-7-4-3-5-8-10/h3-5,7-9,11H,2,6,14H2,1H3. The first-order valence-corrected chi connectivity index (χ1v) is 5.59. The fraction of sp³-hybridized carbons (Fsp3) is 0.308. The zero-order valence-corrected chi connectivity index (χ0v) is 9.39. The first-order valence-electron chi connectivity index (χ1n) is 5.59. The number of hydrogen-bond donors (Lipinski definition) is 1. The van der Waals surface area contributed by atoms with Gasteiger partial charge in [0.1, 0.15) is 5.69 Å². The van der Waals surface area contributed by atoms with Gasteiger partial charge in [0.05, 0.1) is 6.04 Å². The molecular formula is C13H16N2O. The van der Waals surface area contributed by atoms with Gasteiger partial charge in [-0.3, -0.25) is 0 Å². The number of nitrogens with two attached hydrogens (primary N) is 1. The molecule has 0 spiro atoms. The molecule has 0 bridgehead atoms. The Balaban J connectivity index is 2.20. The Morgan fingerprint density at radius 2 is 2.06 bits per heavy atom. The molecule has 1 unspecified atom stereocenters. The van der Waals surface area contributed by atoms with Gasteiger partial charge in [-0.05, 0) is 6.42 Å². The average Bonchev–Trinajstić information content (AvgIpc) is 2.80. The molecule has 1 aromatic heterocycles. The average molecular weight is 216 g/mol. The molecule has 2 rings (SSSR count). The van der Waals surface area contributed by atoms with Crippen LogP contribution in [0.5, 0.6) is 0 Å². The molecule has 0 radical (unpaired) electrons. The second-order valence-electron chi connectivity index (χ2n) is 3.88. The third-order valence-electron chi connectivity index (χ3n) is 2.56. The van der Waals surface area contributed by atoms with Gasteiger partial charge in [-0.2, -0.15) is 0 Å². The second kappa shape index (κ2) is 4.94. The van der Waals surface area contributed by atoms with Crippen LogP contribution < -0.4 is 5.73 Å². The molecular weight excluding hydrogens is 200 g/mol. The molecule has 3 nitrogen and oxygen atoms in total. The fourth-order valence-electron chi connectivity index (χ4n) is 1.66. The van der Waals surface area contributed by atoms with Crippen LogP contribution in [0.1, 0.15) is 31.6 Å². The van der Waals surface area contributed by atoms with Crippen molar-refractivity contribution in [1.82, 2.24) is 5.16 Å². The van der Waals surface area contributed by atoms with Crippen LogP contribution in [0.15, 0.2) is 40.9 Å². The van der Waals surface area contributed by atoms with E-state index in [1.54, 1.807) is 0 Å². The predicted molar refractivity (Wildman–Crippen MR) is 63.8 cm³/mol. The number of hydrogen-bond acceptors (Lipinski definition) is 3. The quantitative estimate of drug-likeness (QED) is 0.854. The Morgan fingerprint density at radius 3 is 2.75 bits per heavy atom. The number of aromatic nitrogens is 1. The summed E-state index contributed by atoms with van der Waals surface area (Å²) in [6.07, 6.45) is 1.96. The van der Waals surface area contributed by atoms with E-state index in [9.17, 15) is 0 Å². The van der Waals surface area contributed by atoms with Crippen LogP contribution in [-0.2, 0) is 0 Å². The normalized spacial score (nSPS) is 12.6. The Hall–Kier alpha value is -1.61. The monoisotopic (exact) mass is 216 g/mol. The summed E-state index contributed by atoms with van der Waals surface area (Å²) in [6, 6.07) is 11.8. The summed E-state index contributed by atoms with van der Waals surface area (Å²) in [5.74, 6) is 0.765. The Morgan fingerprint density at radius 1 is 1.31 bits per heavy atom. The third kappa shape index (κ3) is 2.31. The molecule has 16 heavy (non-hydrogen) atoms. The summed E-state index contributed by atoms with van der Waals surface area (Å²) in [5, 5.41) is 4.03. The lowest BCUT2D eigenvalue weighted by molar-refractivity contribution is 0.356. The zero-order valence-electron chi connectivity index (χ0n) is 9.39. The van der Waals surface area contributed by atoms with Crippen molar-refractivity contribution in [1.29, 1.82) is 0 Å². The SMILES string of the molecule is CCCC(N)c1cc(-c2ccccc2)no1. The Kier molecular flexibility index (Phi) is 3.37. The lowest BCUT2D eigenvalue weighted by Gasteiger charge is -2.03. The summed E-state index contributed by atoms with van der Waals surface area (Å²) in [7, 11) is 0. The van der Waals surface area contributed by atoms with E-state index < -0.39 is 0 Å². The highest BCUT2D eigenvalue weighted by Crippen LogP contribution is 2.23. The van der Waals surface area contributed by atoms with Gasteiger partial charge in [0.15, 0.2) is 5.76 Å². The van der Waals surface area contributed by atoms with Crippen LogP contribution in [-0.4, -0.2) is 5.16 Å². The predicted octanol–water partition coefficient (Wildman–Crippen LogP) is 3.14. The largest absolute Gasteiger partial charge is 0.359 e. The molecule has 84 valence electrons. The molecule has 0 amide bonds. The van der Waals surface area contributed by atoms with Crippen molar-refractivity contribution in [3.8, 4) is 11.3 Å². The second-order valence-corrected chi connectivity index (χ2v) is 3.88. The van der Waals surface area contributed by atoms with E-state index in [0.29, 0.717) is 0 Å². The van der Waals surface area contributed by atoms with Gasteiger partial charge in [-0.25, -0.2) is 0 Å². The van der Waals surface area contributed by atoms with Crippen LogP contribution in [0.3, 0.4) is 0 Å². The van der Waals surface area contributed by atoms with Crippen molar-refractivity contribution in [3.63, 3.8) is 0 Å².